The lowest BCUT2D eigenvalue weighted by atomic mass is 10.1. The van der Waals surface area contributed by atoms with Crippen molar-refractivity contribution in [3.05, 3.63) is 70.8 Å². The van der Waals surface area contributed by atoms with Crippen molar-refractivity contribution in [1.82, 2.24) is 9.80 Å². The smallest absolute Gasteiger partial charge is 0.254 e. The molecule has 0 N–H and O–H groups in total. The van der Waals surface area contributed by atoms with Crippen LogP contribution in [0.2, 0.25) is 0 Å². The van der Waals surface area contributed by atoms with Gasteiger partial charge >= 0.3 is 0 Å². The number of carbonyl (C=O) groups is 2. The highest BCUT2D eigenvalue weighted by Crippen LogP contribution is 2.12. The molecule has 0 bridgehead atoms. The Labute approximate surface area is 153 Å². The second-order valence-electron chi connectivity index (χ2n) is 6.53. The summed E-state index contributed by atoms with van der Waals surface area (Å²) in [7, 11) is 0. The fourth-order valence-corrected chi connectivity index (χ4v) is 3.17. The molecule has 26 heavy (non-hydrogen) atoms. The van der Waals surface area contributed by atoms with E-state index in [1.54, 1.807) is 29.2 Å². The highest BCUT2D eigenvalue weighted by Gasteiger charge is 2.25. The quantitative estimate of drug-likeness (QED) is 0.856. The molecule has 1 heterocycles. The number of nitriles is 1. The van der Waals surface area contributed by atoms with Crippen LogP contribution in [0.1, 0.15) is 27.0 Å². The normalized spacial score (nSPS) is 14.0. The number of aryl methyl sites for hydroxylation is 1. The van der Waals surface area contributed by atoms with E-state index in [4.69, 9.17) is 5.26 Å². The van der Waals surface area contributed by atoms with Gasteiger partial charge < -0.3 is 9.80 Å². The van der Waals surface area contributed by atoms with Crippen molar-refractivity contribution in [3.63, 3.8) is 0 Å². The summed E-state index contributed by atoms with van der Waals surface area (Å²) in [6.45, 7) is 4.10. The molecule has 1 saturated heterocycles. The summed E-state index contributed by atoms with van der Waals surface area (Å²) >= 11 is 0. The predicted octanol–water partition coefficient (Wildman–Crippen LogP) is 2.39. The second-order valence-corrected chi connectivity index (χ2v) is 6.53. The third kappa shape index (κ3) is 4.09. The van der Waals surface area contributed by atoms with Crippen molar-refractivity contribution in [2.24, 2.45) is 0 Å². The Morgan fingerprint density at radius 2 is 1.69 bits per heavy atom. The van der Waals surface area contributed by atoms with Crippen molar-refractivity contribution < 1.29 is 9.59 Å². The average Bonchev–Trinajstić information content (AvgIpc) is 2.67. The van der Waals surface area contributed by atoms with Crippen LogP contribution in [0.25, 0.3) is 0 Å². The van der Waals surface area contributed by atoms with Crippen molar-refractivity contribution >= 4 is 11.8 Å². The zero-order valence-electron chi connectivity index (χ0n) is 14.8. The van der Waals surface area contributed by atoms with Gasteiger partial charge in [-0.3, -0.25) is 9.59 Å². The monoisotopic (exact) mass is 347 g/mol. The maximum atomic E-state index is 12.6. The fourth-order valence-electron chi connectivity index (χ4n) is 3.17. The highest BCUT2D eigenvalue weighted by atomic mass is 16.2. The number of rotatable bonds is 3. The van der Waals surface area contributed by atoms with Gasteiger partial charge in [0.15, 0.2) is 0 Å². The first kappa shape index (κ1) is 17.7. The van der Waals surface area contributed by atoms with Crippen molar-refractivity contribution in [3.8, 4) is 6.07 Å². The summed E-state index contributed by atoms with van der Waals surface area (Å²) in [5, 5.41) is 8.97. The van der Waals surface area contributed by atoms with Crippen LogP contribution in [0.5, 0.6) is 0 Å². The Balaban J connectivity index is 1.57. The van der Waals surface area contributed by atoms with Crippen LogP contribution in [0.3, 0.4) is 0 Å². The van der Waals surface area contributed by atoms with Gasteiger partial charge in [-0.25, -0.2) is 0 Å². The number of hydrogen-bond donors (Lipinski definition) is 0. The summed E-state index contributed by atoms with van der Waals surface area (Å²) in [6, 6.07) is 16.7. The molecule has 132 valence electrons. The molecule has 0 atom stereocenters. The van der Waals surface area contributed by atoms with Crippen LogP contribution < -0.4 is 0 Å². The van der Waals surface area contributed by atoms with E-state index >= 15 is 0 Å². The van der Waals surface area contributed by atoms with E-state index in [1.165, 1.54) is 0 Å². The molecule has 0 unspecified atom stereocenters. The molecule has 0 saturated carbocycles. The van der Waals surface area contributed by atoms with Gasteiger partial charge in [0.1, 0.15) is 0 Å². The van der Waals surface area contributed by atoms with Gasteiger partial charge in [0, 0.05) is 31.7 Å². The first-order valence-electron chi connectivity index (χ1n) is 8.69. The molecule has 2 aromatic carbocycles. The number of hydrogen-bond acceptors (Lipinski definition) is 3. The fraction of sp³-hybridized carbons (Fsp3) is 0.286. The average molecular weight is 347 g/mol. The minimum absolute atomic E-state index is 0.0899. The Morgan fingerprint density at radius 1 is 1.00 bits per heavy atom. The molecule has 5 heteroatoms. The third-order valence-corrected chi connectivity index (χ3v) is 4.60. The maximum absolute atomic E-state index is 12.6. The van der Waals surface area contributed by atoms with E-state index in [0.717, 1.165) is 11.1 Å². The topological polar surface area (TPSA) is 64.4 Å². The predicted molar refractivity (Wildman–Crippen MR) is 98.5 cm³/mol. The minimum atomic E-state index is -0.0899. The van der Waals surface area contributed by atoms with Gasteiger partial charge in [-0.1, -0.05) is 35.9 Å². The number of amides is 2. The van der Waals surface area contributed by atoms with E-state index in [1.807, 2.05) is 36.1 Å². The molecule has 0 aromatic heterocycles. The van der Waals surface area contributed by atoms with Gasteiger partial charge in [-0.05, 0) is 30.7 Å². The molecular formula is C21H21N3O2. The zero-order valence-corrected chi connectivity index (χ0v) is 14.8. The highest BCUT2D eigenvalue weighted by molar-refractivity contribution is 5.94. The number of piperazine rings is 1. The van der Waals surface area contributed by atoms with E-state index in [2.05, 4.69) is 6.07 Å². The lowest BCUT2D eigenvalue weighted by molar-refractivity contribution is -0.131. The summed E-state index contributed by atoms with van der Waals surface area (Å²) < 4.78 is 0. The Kier molecular flexibility index (Phi) is 5.33. The first-order valence-corrected chi connectivity index (χ1v) is 8.69. The summed E-state index contributed by atoms with van der Waals surface area (Å²) in [4.78, 5) is 28.6. The molecule has 3 rings (SSSR count). The molecule has 0 spiro atoms. The van der Waals surface area contributed by atoms with Crippen LogP contribution in [0.15, 0.2) is 48.5 Å². The molecule has 1 aliphatic rings. The van der Waals surface area contributed by atoms with E-state index in [9.17, 15) is 9.59 Å². The summed E-state index contributed by atoms with van der Waals surface area (Å²) in [6.07, 6.45) is 0.389. The second kappa shape index (κ2) is 7.83. The number of carbonyl (C=O) groups excluding carboxylic acids is 2. The molecule has 2 amide bonds. The van der Waals surface area contributed by atoms with E-state index in [0.29, 0.717) is 43.7 Å². The largest absolute Gasteiger partial charge is 0.339 e. The van der Waals surface area contributed by atoms with Gasteiger partial charge in [-0.15, -0.1) is 0 Å². The molecule has 5 nitrogen and oxygen atoms in total. The van der Waals surface area contributed by atoms with Crippen molar-refractivity contribution in [1.29, 1.82) is 5.26 Å². The lowest BCUT2D eigenvalue weighted by Crippen LogP contribution is -2.51. The molecule has 1 aliphatic heterocycles. The van der Waals surface area contributed by atoms with Crippen LogP contribution in [-0.2, 0) is 11.2 Å². The number of nitrogens with zero attached hydrogens (tertiary/aromatic N) is 3. The zero-order chi connectivity index (χ0) is 18.5. The molecule has 0 radical (unpaired) electrons. The van der Waals surface area contributed by atoms with Gasteiger partial charge in [0.05, 0.1) is 18.1 Å². The lowest BCUT2D eigenvalue weighted by Gasteiger charge is -2.35. The van der Waals surface area contributed by atoms with Crippen molar-refractivity contribution in [2.45, 2.75) is 13.3 Å². The van der Waals surface area contributed by atoms with Crippen LogP contribution in [0.4, 0.5) is 0 Å². The van der Waals surface area contributed by atoms with E-state index in [-0.39, 0.29) is 11.8 Å². The Bertz CT molecular complexity index is 862. The molecule has 1 fully saturated rings. The first-order chi connectivity index (χ1) is 12.6. The Morgan fingerprint density at radius 3 is 2.38 bits per heavy atom. The number of benzene rings is 2. The SMILES string of the molecule is Cc1cccc(CC(=O)N2CCN(C(=O)c3cccc(C#N)c3)CC2)c1. The van der Waals surface area contributed by atoms with Crippen LogP contribution >= 0.6 is 0 Å². The van der Waals surface area contributed by atoms with Crippen LogP contribution in [-0.4, -0.2) is 47.8 Å². The van der Waals surface area contributed by atoms with Gasteiger partial charge in [0.2, 0.25) is 5.91 Å². The molecule has 2 aromatic rings. The summed E-state index contributed by atoms with van der Waals surface area (Å²) in [5.74, 6) is 0.00191. The Hall–Kier alpha value is -3.13. The summed E-state index contributed by atoms with van der Waals surface area (Å²) in [5.41, 5.74) is 3.15. The maximum Gasteiger partial charge on any atom is 0.254 e. The standard InChI is InChI=1S/C21H21N3O2/c1-16-4-2-5-17(12-16)14-20(25)23-8-10-24(11-9-23)21(26)19-7-3-6-18(13-19)15-22/h2-7,12-13H,8-11,14H2,1H3. The van der Waals surface area contributed by atoms with Gasteiger partial charge in [0.25, 0.3) is 5.91 Å². The van der Waals surface area contributed by atoms with Gasteiger partial charge in [-0.2, -0.15) is 5.26 Å². The van der Waals surface area contributed by atoms with E-state index < -0.39 is 0 Å². The van der Waals surface area contributed by atoms with Crippen LogP contribution in [0, 0.1) is 18.3 Å². The van der Waals surface area contributed by atoms with Crippen molar-refractivity contribution in [2.75, 3.05) is 26.2 Å². The molecular weight excluding hydrogens is 326 g/mol. The molecule has 0 aliphatic carbocycles. The third-order valence-electron chi connectivity index (χ3n) is 4.60. The minimum Gasteiger partial charge on any atom is -0.339 e.